The summed E-state index contributed by atoms with van der Waals surface area (Å²) in [5.41, 5.74) is 3.40. The van der Waals surface area contributed by atoms with Crippen LogP contribution in [0, 0.1) is 44.8 Å². The normalized spacial score (nSPS) is 42.0. The topological polar surface area (TPSA) is 52.6 Å². The molecule has 44 heavy (non-hydrogen) atoms. The maximum Gasteiger partial charge on any atom is 0.337 e. The highest BCUT2D eigenvalue weighted by molar-refractivity contribution is 8.00. The second kappa shape index (κ2) is 10.6. The molecule has 0 N–H and O–H groups in total. The Labute approximate surface area is 270 Å². The van der Waals surface area contributed by atoms with Crippen molar-refractivity contribution in [2.45, 2.75) is 135 Å². The van der Waals surface area contributed by atoms with Crippen LogP contribution < -0.4 is 0 Å². The Morgan fingerprint density at radius 2 is 1.52 bits per heavy atom. The van der Waals surface area contributed by atoms with Crippen molar-refractivity contribution in [1.82, 2.24) is 0 Å². The van der Waals surface area contributed by atoms with Gasteiger partial charge in [0.2, 0.25) is 0 Å². The lowest BCUT2D eigenvalue weighted by atomic mass is 9.34. The van der Waals surface area contributed by atoms with Gasteiger partial charge in [-0.15, -0.1) is 11.8 Å². The summed E-state index contributed by atoms with van der Waals surface area (Å²) >= 11 is 2.10. The van der Waals surface area contributed by atoms with E-state index in [2.05, 4.69) is 78.4 Å². The molecule has 0 aromatic heterocycles. The van der Waals surface area contributed by atoms with Gasteiger partial charge in [0.1, 0.15) is 6.10 Å². The van der Waals surface area contributed by atoms with Gasteiger partial charge in [0.05, 0.1) is 12.7 Å². The van der Waals surface area contributed by atoms with Gasteiger partial charge in [-0.25, -0.2) is 4.79 Å². The van der Waals surface area contributed by atoms with E-state index in [1.165, 1.54) is 63.4 Å². The monoisotopic (exact) mass is 620 g/mol. The zero-order valence-electron chi connectivity index (χ0n) is 28.8. The first-order chi connectivity index (χ1) is 20.5. The molecule has 0 amide bonds. The SMILES string of the molecule is COC(=O)c1ccc(S[C@]23CCC(C)(C)C[C@H]2C2=CC[C@@H]4[C@@]5(C)CC[C@H](OC(C)=O)C(C)(C)[C@@H]5CC[C@@]4(C)[C@]2(C)CC3)cc1. The van der Waals surface area contributed by atoms with Crippen molar-refractivity contribution < 1.29 is 19.1 Å². The van der Waals surface area contributed by atoms with Gasteiger partial charge in [-0.2, -0.15) is 0 Å². The van der Waals surface area contributed by atoms with E-state index in [0.29, 0.717) is 28.7 Å². The maximum absolute atomic E-state index is 12.1. The van der Waals surface area contributed by atoms with Crippen molar-refractivity contribution in [3.63, 3.8) is 0 Å². The quantitative estimate of drug-likeness (QED) is 0.248. The average molecular weight is 621 g/mol. The van der Waals surface area contributed by atoms with Gasteiger partial charge >= 0.3 is 11.9 Å². The maximum atomic E-state index is 12.1. The lowest BCUT2D eigenvalue weighted by molar-refractivity contribution is -0.209. The summed E-state index contributed by atoms with van der Waals surface area (Å²) in [4.78, 5) is 25.4. The number of carbonyl (C=O) groups excluding carboxylic acids is 2. The van der Waals surface area contributed by atoms with Crippen LogP contribution in [0.3, 0.4) is 0 Å². The first-order valence-corrected chi connectivity index (χ1v) is 18.1. The molecule has 4 fully saturated rings. The van der Waals surface area contributed by atoms with Crippen molar-refractivity contribution in [1.29, 1.82) is 0 Å². The van der Waals surface area contributed by atoms with Crippen molar-refractivity contribution in [3.05, 3.63) is 41.5 Å². The predicted molar refractivity (Wildman–Crippen MR) is 179 cm³/mol. The number of methoxy groups -OCH3 is 1. The van der Waals surface area contributed by atoms with Gasteiger partial charge < -0.3 is 9.47 Å². The molecular formula is C39H56O4S. The predicted octanol–water partition coefficient (Wildman–Crippen LogP) is 10.1. The molecule has 8 atom stereocenters. The fourth-order valence-corrected chi connectivity index (χ4v) is 13.3. The van der Waals surface area contributed by atoms with Crippen LogP contribution in [0.2, 0.25) is 0 Å². The van der Waals surface area contributed by atoms with E-state index in [9.17, 15) is 9.59 Å². The molecule has 5 heteroatoms. The van der Waals surface area contributed by atoms with Crippen molar-refractivity contribution in [3.8, 4) is 0 Å². The number of hydrogen-bond acceptors (Lipinski definition) is 5. The largest absolute Gasteiger partial charge is 0.465 e. The zero-order chi connectivity index (χ0) is 31.9. The van der Waals surface area contributed by atoms with Gasteiger partial charge in [-0.1, -0.05) is 60.1 Å². The summed E-state index contributed by atoms with van der Waals surface area (Å²) in [6.45, 7) is 19.3. The molecule has 5 aliphatic carbocycles. The van der Waals surface area contributed by atoms with Crippen molar-refractivity contribution in [2.75, 3.05) is 7.11 Å². The number of allylic oxidation sites excluding steroid dienone is 2. The van der Waals surface area contributed by atoms with Gasteiger partial charge in [-0.3, -0.25) is 4.79 Å². The Balaban J connectivity index is 1.35. The van der Waals surface area contributed by atoms with Gasteiger partial charge in [-0.05, 0) is 128 Å². The average Bonchev–Trinajstić information content (AvgIpc) is 2.95. The Morgan fingerprint density at radius 1 is 0.841 bits per heavy atom. The fourth-order valence-electron chi connectivity index (χ4n) is 11.8. The molecule has 0 bridgehead atoms. The van der Waals surface area contributed by atoms with Crippen LogP contribution in [0.15, 0.2) is 40.8 Å². The minimum Gasteiger partial charge on any atom is -0.465 e. The second-order valence-electron chi connectivity index (χ2n) is 17.4. The van der Waals surface area contributed by atoms with Gasteiger partial charge in [0.15, 0.2) is 0 Å². The molecule has 0 saturated heterocycles. The van der Waals surface area contributed by atoms with E-state index < -0.39 is 0 Å². The highest BCUT2D eigenvalue weighted by Crippen LogP contribution is 2.76. The number of fused-ring (bicyclic) bond motifs is 7. The summed E-state index contributed by atoms with van der Waals surface area (Å²) in [6, 6.07) is 8.14. The summed E-state index contributed by atoms with van der Waals surface area (Å²) < 4.78 is 11.1. The molecule has 1 aromatic carbocycles. The lowest BCUT2D eigenvalue weighted by Gasteiger charge is -2.71. The number of ether oxygens (including phenoxy) is 2. The van der Waals surface area contributed by atoms with Crippen molar-refractivity contribution >= 4 is 23.7 Å². The molecule has 5 aliphatic rings. The molecule has 242 valence electrons. The lowest BCUT2D eigenvalue weighted by Crippen LogP contribution is -2.65. The van der Waals surface area contributed by atoms with Gasteiger partial charge in [0.25, 0.3) is 0 Å². The van der Waals surface area contributed by atoms with Crippen LogP contribution in [0.5, 0.6) is 0 Å². The smallest absolute Gasteiger partial charge is 0.337 e. The molecule has 6 rings (SSSR count). The fraction of sp³-hybridized carbons (Fsp3) is 0.744. The number of thioether (sulfide) groups is 1. The molecule has 0 aliphatic heterocycles. The van der Waals surface area contributed by atoms with E-state index >= 15 is 0 Å². The Kier molecular flexibility index (Phi) is 7.79. The third kappa shape index (κ3) is 4.75. The number of carbonyl (C=O) groups is 2. The first-order valence-electron chi connectivity index (χ1n) is 17.3. The van der Waals surface area contributed by atoms with Crippen LogP contribution in [0.1, 0.15) is 130 Å². The summed E-state index contributed by atoms with van der Waals surface area (Å²) in [5, 5.41) is 0. The van der Waals surface area contributed by atoms with Crippen LogP contribution in [-0.4, -0.2) is 29.9 Å². The highest BCUT2D eigenvalue weighted by atomic mass is 32.2. The van der Waals surface area contributed by atoms with Crippen molar-refractivity contribution in [2.24, 2.45) is 44.8 Å². The van der Waals surface area contributed by atoms with Crippen LogP contribution in [0.25, 0.3) is 0 Å². The number of esters is 2. The Bertz CT molecular complexity index is 1340. The van der Waals surface area contributed by atoms with E-state index in [-0.39, 0.29) is 44.4 Å². The minimum absolute atomic E-state index is 0.0138. The molecule has 4 saturated carbocycles. The first kappa shape index (κ1) is 32.2. The Morgan fingerprint density at radius 3 is 2.18 bits per heavy atom. The van der Waals surface area contributed by atoms with E-state index in [1.807, 2.05) is 12.1 Å². The van der Waals surface area contributed by atoms with E-state index in [4.69, 9.17) is 9.47 Å². The second-order valence-corrected chi connectivity index (χ2v) is 18.8. The summed E-state index contributed by atoms with van der Waals surface area (Å²) in [6.07, 6.45) is 14.8. The number of benzene rings is 1. The van der Waals surface area contributed by atoms with Crippen LogP contribution in [0.4, 0.5) is 0 Å². The molecule has 0 spiro atoms. The minimum atomic E-state index is -0.271. The molecule has 4 nitrogen and oxygen atoms in total. The van der Waals surface area contributed by atoms with E-state index in [1.54, 1.807) is 12.5 Å². The van der Waals surface area contributed by atoms with Crippen LogP contribution in [-0.2, 0) is 14.3 Å². The third-order valence-corrected chi connectivity index (χ3v) is 16.0. The van der Waals surface area contributed by atoms with Gasteiger partial charge in [0, 0.05) is 22.0 Å². The number of hydrogen-bond donors (Lipinski definition) is 0. The molecule has 0 radical (unpaired) electrons. The molecule has 0 unspecified atom stereocenters. The summed E-state index contributed by atoms with van der Waals surface area (Å²) in [7, 11) is 1.45. The molecule has 0 heterocycles. The Hall–Kier alpha value is -1.75. The summed E-state index contributed by atoms with van der Waals surface area (Å²) in [5.74, 6) is 1.36. The number of rotatable bonds is 4. The third-order valence-electron chi connectivity index (χ3n) is 14.4. The molecule has 1 aromatic rings. The van der Waals surface area contributed by atoms with Crippen LogP contribution >= 0.6 is 11.8 Å². The highest BCUT2D eigenvalue weighted by Gasteiger charge is 2.68. The standard InChI is InChI=1S/C39H56O4S/c1-25(40)43-32-17-18-36(6)30(35(32,4)5)16-19-38(8)31(36)15-14-28-29-24-34(2,3)20-22-39(29,23-21-37(28,38)7)44-27-12-10-26(11-13-27)33(41)42-9/h10-14,29-32H,15-24H2,1-9H3/t29-,30-,31+,32-,36-,37+,38+,39-/m0/s1. The zero-order valence-corrected chi connectivity index (χ0v) is 29.6. The van der Waals surface area contributed by atoms with E-state index in [0.717, 1.165) is 12.8 Å². The molecular weight excluding hydrogens is 564 g/mol.